The van der Waals surface area contributed by atoms with Gasteiger partial charge in [-0.15, -0.1) is 11.3 Å². The Labute approximate surface area is 223 Å². The van der Waals surface area contributed by atoms with Gasteiger partial charge in [0, 0.05) is 28.6 Å². The highest BCUT2D eigenvalue weighted by molar-refractivity contribution is 7.15. The van der Waals surface area contributed by atoms with Crippen molar-refractivity contribution < 1.29 is 18.7 Å². The lowest BCUT2D eigenvalue weighted by atomic mass is 9.57. The van der Waals surface area contributed by atoms with Crippen molar-refractivity contribution >= 4 is 28.3 Å². The summed E-state index contributed by atoms with van der Waals surface area (Å²) < 4.78 is 30.3. The first kappa shape index (κ1) is 25.1. The summed E-state index contributed by atoms with van der Waals surface area (Å²) in [5.41, 5.74) is 1.42. The van der Waals surface area contributed by atoms with Gasteiger partial charge in [0.2, 0.25) is 0 Å². The molecule has 0 saturated heterocycles. The third kappa shape index (κ3) is 4.49. The molecular formula is C28H29F2N5O2S. The van der Waals surface area contributed by atoms with Gasteiger partial charge in [-0.3, -0.25) is 4.79 Å². The van der Waals surface area contributed by atoms with E-state index in [2.05, 4.69) is 19.9 Å². The largest absolute Gasteiger partial charge is 0.481 e. The van der Waals surface area contributed by atoms with Crippen molar-refractivity contribution in [1.82, 2.24) is 24.8 Å². The summed E-state index contributed by atoms with van der Waals surface area (Å²) in [5, 5.41) is 10.6. The Kier molecular flexibility index (Phi) is 6.47. The van der Waals surface area contributed by atoms with Gasteiger partial charge in [-0.1, -0.05) is 0 Å². The van der Waals surface area contributed by atoms with E-state index in [1.807, 2.05) is 31.1 Å². The van der Waals surface area contributed by atoms with E-state index in [1.165, 1.54) is 17.4 Å². The molecule has 4 aromatic heterocycles. The molecule has 0 spiro atoms. The fraction of sp³-hybridized carbons (Fsp3) is 0.429. The minimum atomic E-state index is -0.802. The van der Waals surface area contributed by atoms with E-state index in [9.17, 15) is 14.3 Å². The summed E-state index contributed by atoms with van der Waals surface area (Å²) in [6, 6.07) is 5.19. The quantitative estimate of drug-likeness (QED) is 0.311. The van der Waals surface area contributed by atoms with E-state index in [-0.39, 0.29) is 41.4 Å². The number of nitrogens with one attached hydrogen (secondary N) is 1. The van der Waals surface area contributed by atoms with Crippen molar-refractivity contribution in [2.24, 2.45) is 23.7 Å². The maximum atomic E-state index is 16.2. The zero-order valence-electron chi connectivity index (χ0n) is 21.2. The second kappa shape index (κ2) is 9.81. The second-order valence-electron chi connectivity index (χ2n) is 10.8. The van der Waals surface area contributed by atoms with Gasteiger partial charge in [-0.05, 0) is 82.2 Å². The maximum absolute atomic E-state index is 16.2. The smallest absolute Gasteiger partial charge is 0.307 e. The highest BCUT2D eigenvalue weighted by Gasteiger charge is 2.47. The van der Waals surface area contributed by atoms with E-state index in [0.717, 1.165) is 43.3 Å². The van der Waals surface area contributed by atoms with Gasteiger partial charge < -0.3 is 15.0 Å². The van der Waals surface area contributed by atoms with Gasteiger partial charge in [-0.25, -0.2) is 23.7 Å². The fourth-order valence-electron chi connectivity index (χ4n) is 6.45. The number of pyridine rings is 1. The van der Waals surface area contributed by atoms with Crippen molar-refractivity contribution in [3.63, 3.8) is 0 Å². The molecule has 0 aliphatic heterocycles. The molecule has 7 nitrogen and oxygen atoms in total. The summed E-state index contributed by atoms with van der Waals surface area (Å²) in [6.07, 6.45) is 6.80. The summed E-state index contributed by atoms with van der Waals surface area (Å²) >= 11 is 1.47. The van der Waals surface area contributed by atoms with Crippen LogP contribution in [0.2, 0.25) is 0 Å². The lowest BCUT2D eigenvalue weighted by Crippen LogP contribution is -2.45. The predicted octanol–water partition coefficient (Wildman–Crippen LogP) is 5.77. The highest BCUT2D eigenvalue weighted by atomic mass is 32.1. The first-order valence-electron chi connectivity index (χ1n) is 12.9. The van der Waals surface area contributed by atoms with Crippen molar-refractivity contribution in [2.45, 2.75) is 38.6 Å². The van der Waals surface area contributed by atoms with E-state index in [1.54, 1.807) is 6.20 Å². The Morgan fingerprint density at radius 1 is 1.16 bits per heavy atom. The van der Waals surface area contributed by atoms with Crippen LogP contribution in [0, 0.1) is 35.3 Å². The van der Waals surface area contributed by atoms with Gasteiger partial charge in [0.05, 0.1) is 22.7 Å². The van der Waals surface area contributed by atoms with Gasteiger partial charge >= 0.3 is 5.97 Å². The minimum Gasteiger partial charge on any atom is -0.481 e. The number of aliphatic carboxylic acids is 1. The molecule has 3 saturated carbocycles. The molecule has 198 valence electrons. The van der Waals surface area contributed by atoms with Crippen LogP contribution < -0.4 is 0 Å². The number of carboxylic acid groups (broad SMARTS) is 1. The van der Waals surface area contributed by atoms with E-state index in [0.29, 0.717) is 21.5 Å². The minimum absolute atomic E-state index is 0.125. The number of carboxylic acids is 1. The van der Waals surface area contributed by atoms with Crippen LogP contribution in [-0.4, -0.2) is 50.0 Å². The number of hydrogen-bond acceptors (Lipinski definition) is 6. The summed E-state index contributed by atoms with van der Waals surface area (Å²) in [7, 11) is 3.95. The molecule has 3 aliphatic rings. The van der Waals surface area contributed by atoms with Crippen LogP contribution in [0.25, 0.3) is 33.0 Å². The monoisotopic (exact) mass is 537 g/mol. The van der Waals surface area contributed by atoms with Gasteiger partial charge in [0.25, 0.3) is 0 Å². The first-order chi connectivity index (χ1) is 18.3. The van der Waals surface area contributed by atoms with E-state index < -0.39 is 23.5 Å². The van der Waals surface area contributed by atoms with Crippen LogP contribution in [0.15, 0.2) is 30.6 Å². The number of aromatic amines is 1. The van der Waals surface area contributed by atoms with Gasteiger partial charge in [0.15, 0.2) is 11.6 Å². The number of aromatic nitrogens is 4. The number of nitrogens with zero attached hydrogens (tertiary/aromatic N) is 4. The zero-order valence-corrected chi connectivity index (χ0v) is 22.1. The highest BCUT2D eigenvalue weighted by Crippen LogP contribution is 2.50. The molecule has 10 heteroatoms. The summed E-state index contributed by atoms with van der Waals surface area (Å²) in [6.45, 7) is 0.718. The van der Waals surface area contributed by atoms with Crippen LogP contribution in [0.5, 0.6) is 0 Å². The van der Waals surface area contributed by atoms with E-state index in [4.69, 9.17) is 0 Å². The Morgan fingerprint density at radius 3 is 2.66 bits per heavy atom. The number of hydrogen-bond donors (Lipinski definition) is 2. The molecule has 0 unspecified atom stereocenters. The molecule has 38 heavy (non-hydrogen) atoms. The first-order valence-corrected chi connectivity index (χ1v) is 13.8. The molecular weight excluding hydrogens is 508 g/mol. The van der Waals surface area contributed by atoms with Crippen molar-refractivity contribution in [1.29, 1.82) is 0 Å². The second-order valence-corrected chi connectivity index (χ2v) is 12.0. The average Bonchev–Trinajstić information content (AvgIpc) is 3.52. The van der Waals surface area contributed by atoms with Crippen LogP contribution in [0.1, 0.15) is 36.3 Å². The predicted molar refractivity (Wildman–Crippen MR) is 142 cm³/mol. The zero-order chi connectivity index (χ0) is 26.6. The summed E-state index contributed by atoms with van der Waals surface area (Å²) in [4.78, 5) is 32.5. The number of fused-ring (bicyclic) bond motifs is 4. The lowest BCUT2D eigenvalue weighted by molar-refractivity contribution is -0.152. The van der Waals surface area contributed by atoms with Gasteiger partial charge in [0.1, 0.15) is 17.2 Å². The molecule has 2 bridgehead atoms. The molecule has 0 aromatic carbocycles. The molecule has 7 rings (SSSR count). The standard InChI is InChI=1S/C28H29F2N5O2S/c1-35(2)13-17-7-8-22(38-17)25-24(30)21(10-18-14-3-5-15(6-4-14)23(18)28(36)37)33-27(34-25)20-12-32-26-19(20)9-16(29)11-31-26/h7-9,11-12,14-15,18,23H,3-6,10,13H2,1-2H3,(H,31,32)(H,36,37)/t14?,15?,18-,23-/m0/s1. The Hall–Kier alpha value is -3.24. The number of rotatable bonds is 7. The Balaban J connectivity index is 1.48. The number of H-pyrrole nitrogens is 1. The molecule has 4 heterocycles. The topological polar surface area (TPSA) is 95.0 Å². The van der Waals surface area contributed by atoms with E-state index >= 15 is 4.39 Å². The molecule has 2 N–H and O–H groups in total. The van der Waals surface area contributed by atoms with Crippen molar-refractivity contribution in [2.75, 3.05) is 14.1 Å². The number of carbonyl (C=O) groups is 1. The van der Waals surface area contributed by atoms with Crippen molar-refractivity contribution in [3.8, 4) is 22.0 Å². The Bertz CT molecular complexity index is 1510. The molecule has 3 aliphatic carbocycles. The van der Waals surface area contributed by atoms with Crippen LogP contribution >= 0.6 is 11.3 Å². The summed E-state index contributed by atoms with van der Waals surface area (Å²) in [5.74, 6) is -1.85. The van der Waals surface area contributed by atoms with Crippen LogP contribution in [-0.2, 0) is 17.8 Å². The maximum Gasteiger partial charge on any atom is 0.307 e. The Morgan fingerprint density at radius 2 is 1.92 bits per heavy atom. The van der Waals surface area contributed by atoms with Crippen LogP contribution in [0.4, 0.5) is 8.78 Å². The SMILES string of the molecule is CN(C)Cc1ccc(-c2nc(-c3c[nH]c4ncc(F)cc34)nc(C[C@H]3C4CCC(CC4)[C@@H]3C(=O)O)c2F)s1. The third-order valence-electron chi connectivity index (χ3n) is 8.13. The fourth-order valence-corrected chi connectivity index (χ4v) is 7.56. The number of thiophene rings is 1. The number of halogens is 2. The van der Waals surface area contributed by atoms with Gasteiger partial charge in [-0.2, -0.15) is 0 Å². The molecule has 2 atom stereocenters. The normalized spacial score (nSPS) is 23.0. The van der Waals surface area contributed by atoms with Crippen LogP contribution in [0.3, 0.4) is 0 Å². The lowest BCUT2D eigenvalue weighted by Gasteiger charge is -2.46. The molecule has 0 radical (unpaired) electrons. The molecule has 0 amide bonds. The third-order valence-corrected chi connectivity index (χ3v) is 9.21. The molecule has 4 aromatic rings. The molecule has 3 fully saturated rings. The average molecular weight is 538 g/mol. The van der Waals surface area contributed by atoms with Crippen molar-refractivity contribution in [3.05, 3.63) is 52.8 Å².